The van der Waals surface area contributed by atoms with Crippen molar-refractivity contribution in [2.75, 3.05) is 5.32 Å². The third-order valence-electron chi connectivity index (χ3n) is 5.23. The molecule has 2 N–H and O–H groups in total. The fourth-order valence-electron chi connectivity index (χ4n) is 2.85. The van der Waals surface area contributed by atoms with Crippen molar-refractivity contribution in [2.45, 2.75) is 39.2 Å². The highest BCUT2D eigenvalue weighted by Gasteiger charge is 2.47. The van der Waals surface area contributed by atoms with Crippen molar-refractivity contribution in [1.29, 1.82) is 0 Å². The number of carbonyl (C=O) groups excluding carboxylic acids is 1. The molecule has 2 heterocycles. The Bertz CT molecular complexity index is 1420. The third kappa shape index (κ3) is 5.31. The number of sulfonamides is 1. The molecule has 1 aromatic carbocycles. The molecule has 8 nitrogen and oxygen atoms in total. The zero-order valence-electron chi connectivity index (χ0n) is 18.6. The number of anilines is 1. The van der Waals surface area contributed by atoms with Crippen molar-refractivity contribution < 1.29 is 30.8 Å². The van der Waals surface area contributed by atoms with Crippen LogP contribution in [0.4, 0.5) is 23.4 Å². The van der Waals surface area contributed by atoms with Crippen LogP contribution in [-0.2, 0) is 10.0 Å². The van der Waals surface area contributed by atoms with E-state index < -0.39 is 32.8 Å². The van der Waals surface area contributed by atoms with Gasteiger partial charge in [-0.3, -0.25) is 4.79 Å². The van der Waals surface area contributed by atoms with E-state index in [1.54, 1.807) is 0 Å². The minimum absolute atomic E-state index is 0.0131. The van der Waals surface area contributed by atoms with Crippen LogP contribution >= 0.6 is 23.2 Å². The molecule has 0 aliphatic carbocycles. The van der Waals surface area contributed by atoms with Gasteiger partial charge in [0.25, 0.3) is 5.91 Å². The number of hydrogen-bond acceptors (Lipinski definition) is 6. The quantitative estimate of drug-likeness (QED) is 0.328. The smallest absolute Gasteiger partial charge is 0.366 e. The highest BCUT2D eigenvalue weighted by molar-refractivity contribution is 7.90. The first-order chi connectivity index (χ1) is 15.9. The standard InChI is InChI=1S/C20H19Cl2F4N5O3S/c1-9(19(2,3)4)28-17-14(11-6-5-10(23)7-13(11)21)15(22)29-16-12(8-27-31(16)17)18(32)30-35(33,34)20(24,25)26/h5-9,28H,1-4H3,(H,30,32). The number of alkyl halides is 3. The van der Waals surface area contributed by atoms with Crippen molar-refractivity contribution in [3.8, 4) is 11.1 Å². The van der Waals surface area contributed by atoms with Gasteiger partial charge < -0.3 is 5.32 Å². The Kier molecular flexibility index (Phi) is 7.01. The molecule has 3 aromatic rings. The summed E-state index contributed by atoms with van der Waals surface area (Å²) in [6.07, 6.45) is 0.850. The van der Waals surface area contributed by atoms with Gasteiger partial charge in [0.05, 0.1) is 16.8 Å². The number of fused-ring (bicyclic) bond motifs is 1. The van der Waals surface area contributed by atoms with Crippen LogP contribution in [0.15, 0.2) is 24.4 Å². The van der Waals surface area contributed by atoms with Gasteiger partial charge in [-0.25, -0.2) is 14.1 Å². The highest BCUT2D eigenvalue weighted by atomic mass is 35.5. The molecule has 0 saturated heterocycles. The lowest BCUT2D eigenvalue weighted by atomic mass is 9.88. The number of benzene rings is 1. The van der Waals surface area contributed by atoms with Crippen LogP contribution in [0.3, 0.4) is 0 Å². The summed E-state index contributed by atoms with van der Waals surface area (Å²) < 4.78 is 76.7. The van der Waals surface area contributed by atoms with Crippen LogP contribution in [0.5, 0.6) is 0 Å². The van der Waals surface area contributed by atoms with Gasteiger partial charge in [0.2, 0.25) is 0 Å². The number of nitrogens with one attached hydrogen (secondary N) is 2. The molecule has 0 aliphatic heterocycles. The summed E-state index contributed by atoms with van der Waals surface area (Å²) in [6.45, 7) is 7.63. The van der Waals surface area contributed by atoms with E-state index in [1.165, 1.54) is 6.07 Å². The van der Waals surface area contributed by atoms with Gasteiger partial charge in [-0.05, 0) is 30.5 Å². The van der Waals surface area contributed by atoms with Crippen LogP contribution in [0.25, 0.3) is 16.8 Å². The average molecular weight is 556 g/mol. The van der Waals surface area contributed by atoms with E-state index in [-0.39, 0.29) is 44.2 Å². The lowest BCUT2D eigenvalue weighted by Gasteiger charge is -2.30. The SMILES string of the molecule is CC(Nc1c(-c2ccc(F)cc2Cl)c(Cl)nc2c(C(=O)NS(=O)(=O)C(F)(F)F)cnn12)C(C)(C)C. The zero-order chi connectivity index (χ0) is 26.5. The second-order valence-electron chi connectivity index (χ2n) is 8.66. The first kappa shape index (κ1) is 27.0. The number of amides is 1. The minimum atomic E-state index is -5.98. The van der Waals surface area contributed by atoms with E-state index in [2.05, 4.69) is 15.4 Å². The second-order valence-corrected chi connectivity index (χ2v) is 11.1. The maximum absolute atomic E-state index is 13.7. The Balaban J connectivity index is 2.26. The third-order valence-corrected chi connectivity index (χ3v) is 6.88. The number of nitrogens with zero attached hydrogens (tertiary/aromatic N) is 3. The fourth-order valence-corrected chi connectivity index (χ4v) is 3.85. The molecule has 190 valence electrons. The molecule has 2 aromatic heterocycles. The van der Waals surface area contributed by atoms with Gasteiger partial charge in [-0.1, -0.05) is 44.0 Å². The van der Waals surface area contributed by atoms with Crippen LogP contribution < -0.4 is 10.0 Å². The largest absolute Gasteiger partial charge is 0.516 e. The normalized spacial score (nSPS) is 13.7. The van der Waals surface area contributed by atoms with Crippen molar-refractivity contribution in [3.63, 3.8) is 0 Å². The van der Waals surface area contributed by atoms with Crippen LogP contribution in [-0.4, -0.2) is 40.5 Å². The predicted molar refractivity (Wildman–Crippen MR) is 123 cm³/mol. The topological polar surface area (TPSA) is 105 Å². The lowest BCUT2D eigenvalue weighted by molar-refractivity contribution is -0.0446. The van der Waals surface area contributed by atoms with E-state index in [1.807, 2.05) is 27.7 Å². The Hall–Kier alpha value is -2.64. The average Bonchev–Trinajstić information content (AvgIpc) is 3.10. The summed E-state index contributed by atoms with van der Waals surface area (Å²) in [7, 11) is -5.98. The monoisotopic (exact) mass is 555 g/mol. The maximum atomic E-state index is 13.7. The van der Waals surface area contributed by atoms with Crippen molar-refractivity contribution >= 4 is 50.6 Å². The Morgan fingerprint density at radius 3 is 2.34 bits per heavy atom. The molecular weight excluding hydrogens is 537 g/mol. The van der Waals surface area contributed by atoms with Gasteiger partial charge in [-0.15, -0.1) is 0 Å². The Labute approximate surface area is 207 Å². The van der Waals surface area contributed by atoms with Crippen molar-refractivity contribution in [1.82, 2.24) is 19.3 Å². The molecule has 0 spiro atoms. The van der Waals surface area contributed by atoms with Crippen LogP contribution in [0.2, 0.25) is 10.2 Å². The summed E-state index contributed by atoms with van der Waals surface area (Å²) in [5.41, 5.74) is -6.49. The lowest BCUT2D eigenvalue weighted by Crippen LogP contribution is -2.40. The molecule has 0 saturated carbocycles. The van der Waals surface area contributed by atoms with E-state index >= 15 is 0 Å². The molecular formula is C20H19Cl2F4N5O3S. The van der Waals surface area contributed by atoms with Crippen LogP contribution in [0.1, 0.15) is 38.1 Å². The second kappa shape index (κ2) is 9.10. The molecule has 1 amide bonds. The maximum Gasteiger partial charge on any atom is 0.516 e. The van der Waals surface area contributed by atoms with Gasteiger partial charge in [0.1, 0.15) is 22.4 Å². The fraction of sp³-hybridized carbons (Fsp3) is 0.350. The van der Waals surface area contributed by atoms with Crippen LogP contribution in [0, 0.1) is 11.2 Å². The van der Waals surface area contributed by atoms with E-state index in [0.717, 1.165) is 27.6 Å². The molecule has 15 heteroatoms. The van der Waals surface area contributed by atoms with Gasteiger partial charge in [0.15, 0.2) is 5.65 Å². The van der Waals surface area contributed by atoms with Gasteiger partial charge in [0, 0.05) is 11.6 Å². The molecule has 0 bridgehead atoms. The molecule has 3 rings (SSSR count). The molecule has 0 aliphatic rings. The first-order valence-electron chi connectivity index (χ1n) is 9.86. The number of halogens is 6. The first-order valence-corrected chi connectivity index (χ1v) is 12.1. The van der Waals surface area contributed by atoms with Gasteiger partial charge >= 0.3 is 15.5 Å². The number of rotatable bonds is 5. The number of carbonyl (C=O) groups is 1. The number of aromatic nitrogens is 3. The van der Waals surface area contributed by atoms with E-state index in [9.17, 15) is 30.8 Å². The summed E-state index contributed by atoms with van der Waals surface area (Å²) in [4.78, 5) is 16.5. The molecule has 35 heavy (non-hydrogen) atoms. The number of hydrogen-bond donors (Lipinski definition) is 2. The summed E-state index contributed by atoms with van der Waals surface area (Å²) in [5, 5.41) is 6.95. The van der Waals surface area contributed by atoms with Crippen molar-refractivity contribution in [3.05, 3.63) is 46.0 Å². The molecule has 0 fully saturated rings. The van der Waals surface area contributed by atoms with E-state index in [0.29, 0.717) is 0 Å². The Morgan fingerprint density at radius 2 is 1.80 bits per heavy atom. The molecule has 1 atom stereocenters. The summed E-state index contributed by atoms with van der Waals surface area (Å²) >= 11 is 12.7. The van der Waals surface area contributed by atoms with Crippen molar-refractivity contribution in [2.24, 2.45) is 5.41 Å². The highest BCUT2D eigenvalue weighted by Crippen LogP contribution is 2.40. The molecule has 1 unspecified atom stereocenters. The molecule has 0 radical (unpaired) electrons. The summed E-state index contributed by atoms with van der Waals surface area (Å²) in [6, 6.07) is 3.28. The summed E-state index contributed by atoms with van der Waals surface area (Å²) in [5.74, 6) is -2.07. The zero-order valence-corrected chi connectivity index (χ0v) is 21.0. The Morgan fingerprint density at radius 1 is 1.17 bits per heavy atom. The predicted octanol–water partition coefficient (Wildman–Crippen LogP) is 5.27. The van der Waals surface area contributed by atoms with Gasteiger partial charge in [-0.2, -0.15) is 31.2 Å². The van der Waals surface area contributed by atoms with E-state index in [4.69, 9.17) is 23.2 Å². The minimum Gasteiger partial charge on any atom is -0.366 e.